The molecule has 3 N–H and O–H groups in total. The highest BCUT2D eigenvalue weighted by Crippen LogP contribution is 2.27. The maximum absolute atomic E-state index is 11.1. The van der Waals surface area contributed by atoms with Crippen molar-refractivity contribution in [3.8, 4) is 11.5 Å². The van der Waals surface area contributed by atoms with Crippen LogP contribution in [0.5, 0.6) is 11.5 Å². The molecule has 0 unspecified atom stereocenters. The monoisotopic (exact) mass is 182 g/mol. The average Bonchev–Trinajstić information content (AvgIpc) is 2.10. The van der Waals surface area contributed by atoms with E-state index in [-0.39, 0.29) is 17.1 Å². The predicted octanol–water partition coefficient (Wildman–Crippen LogP) is 0.581. The van der Waals surface area contributed by atoms with Crippen LogP contribution in [0.2, 0.25) is 0 Å². The summed E-state index contributed by atoms with van der Waals surface area (Å²) >= 11 is 0. The van der Waals surface area contributed by atoms with Gasteiger partial charge in [-0.2, -0.15) is 0 Å². The van der Waals surface area contributed by atoms with Crippen molar-refractivity contribution in [1.82, 2.24) is 0 Å². The lowest BCUT2D eigenvalue weighted by atomic mass is 10.0. The second kappa shape index (κ2) is 3.45. The molecule has 0 spiro atoms. The SMILES string of the molecule is Cc1cc(O)c(O)cc1C(=O)CO. The van der Waals surface area contributed by atoms with Gasteiger partial charge in [0, 0.05) is 5.56 Å². The molecule has 1 rings (SSSR count). The Hall–Kier alpha value is -1.55. The number of benzene rings is 1. The molecule has 4 nitrogen and oxygen atoms in total. The molecule has 0 radical (unpaired) electrons. The molecule has 0 heterocycles. The zero-order chi connectivity index (χ0) is 10.0. The fourth-order valence-electron chi connectivity index (χ4n) is 1.07. The molecule has 0 aliphatic rings. The second-order valence-electron chi connectivity index (χ2n) is 2.74. The van der Waals surface area contributed by atoms with E-state index < -0.39 is 12.4 Å². The van der Waals surface area contributed by atoms with E-state index >= 15 is 0 Å². The molecule has 0 aromatic heterocycles. The van der Waals surface area contributed by atoms with Gasteiger partial charge in [0.2, 0.25) is 0 Å². The number of aryl methyl sites for hydroxylation is 1. The first-order valence-electron chi connectivity index (χ1n) is 3.73. The lowest BCUT2D eigenvalue weighted by Crippen LogP contribution is -2.06. The first-order valence-corrected chi connectivity index (χ1v) is 3.73. The molecule has 0 bridgehead atoms. The Morgan fingerprint density at radius 3 is 2.38 bits per heavy atom. The summed E-state index contributed by atoms with van der Waals surface area (Å²) in [4.78, 5) is 11.1. The van der Waals surface area contributed by atoms with Crippen molar-refractivity contribution >= 4 is 5.78 Å². The number of phenolic OH excluding ortho intramolecular Hbond substituents is 2. The number of carbonyl (C=O) groups excluding carboxylic acids is 1. The van der Waals surface area contributed by atoms with Crippen LogP contribution in [0.15, 0.2) is 12.1 Å². The largest absolute Gasteiger partial charge is 0.504 e. The summed E-state index contributed by atoms with van der Waals surface area (Å²) in [6.45, 7) is 1.01. The Morgan fingerprint density at radius 2 is 1.85 bits per heavy atom. The van der Waals surface area contributed by atoms with Crippen molar-refractivity contribution in [2.24, 2.45) is 0 Å². The smallest absolute Gasteiger partial charge is 0.188 e. The number of carbonyl (C=O) groups is 1. The first-order chi connectivity index (χ1) is 6.06. The molecular formula is C9H10O4. The number of aromatic hydroxyl groups is 2. The first kappa shape index (κ1) is 9.54. The highest BCUT2D eigenvalue weighted by Gasteiger charge is 2.11. The standard InChI is InChI=1S/C9H10O4/c1-5-2-7(11)8(12)3-6(5)9(13)4-10/h2-3,10-12H,4H2,1H3. The number of hydrogen-bond acceptors (Lipinski definition) is 4. The lowest BCUT2D eigenvalue weighted by molar-refractivity contribution is 0.0902. The third-order valence-corrected chi connectivity index (χ3v) is 1.77. The van der Waals surface area contributed by atoms with E-state index in [1.54, 1.807) is 6.92 Å². The van der Waals surface area contributed by atoms with Crippen LogP contribution in [-0.4, -0.2) is 27.7 Å². The van der Waals surface area contributed by atoms with Crippen LogP contribution >= 0.6 is 0 Å². The summed E-state index contributed by atoms with van der Waals surface area (Å²) in [6, 6.07) is 2.42. The number of aliphatic hydroxyl groups excluding tert-OH is 1. The molecule has 0 fully saturated rings. The molecule has 70 valence electrons. The summed E-state index contributed by atoms with van der Waals surface area (Å²) in [7, 11) is 0. The molecule has 0 atom stereocenters. The van der Waals surface area contributed by atoms with Gasteiger partial charge < -0.3 is 15.3 Å². The molecule has 0 aliphatic carbocycles. The van der Waals surface area contributed by atoms with Gasteiger partial charge in [-0.05, 0) is 24.6 Å². The highest BCUT2D eigenvalue weighted by atomic mass is 16.3. The van der Waals surface area contributed by atoms with Crippen molar-refractivity contribution in [2.45, 2.75) is 6.92 Å². The van der Waals surface area contributed by atoms with E-state index in [4.69, 9.17) is 15.3 Å². The van der Waals surface area contributed by atoms with Crippen LogP contribution in [0, 0.1) is 6.92 Å². The van der Waals surface area contributed by atoms with E-state index in [1.807, 2.05) is 0 Å². The predicted molar refractivity (Wildman–Crippen MR) is 45.9 cm³/mol. The molecule has 0 saturated heterocycles. The number of hydrogen-bond donors (Lipinski definition) is 3. The van der Waals surface area contributed by atoms with Crippen molar-refractivity contribution in [1.29, 1.82) is 0 Å². The fourth-order valence-corrected chi connectivity index (χ4v) is 1.07. The molecule has 1 aromatic carbocycles. The normalized spacial score (nSPS) is 10.0. The highest BCUT2D eigenvalue weighted by molar-refractivity contribution is 5.98. The van der Waals surface area contributed by atoms with Crippen LogP contribution in [0.4, 0.5) is 0 Å². The molecule has 0 amide bonds. The Labute approximate surface area is 75.1 Å². The topological polar surface area (TPSA) is 77.8 Å². The van der Waals surface area contributed by atoms with Crippen LogP contribution in [-0.2, 0) is 0 Å². The number of phenols is 2. The summed E-state index contributed by atoms with van der Waals surface area (Å²) in [5.74, 6) is -1.11. The molecule has 4 heteroatoms. The van der Waals surface area contributed by atoms with Gasteiger partial charge in [-0.1, -0.05) is 0 Å². The van der Waals surface area contributed by atoms with E-state index in [1.165, 1.54) is 6.07 Å². The van der Waals surface area contributed by atoms with Crippen LogP contribution < -0.4 is 0 Å². The van der Waals surface area contributed by atoms with Gasteiger partial charge in [0.05, 0.1) is 0 Å². The van der Waals surface area contributed by atoms with Gasteiger partial charge in [-0.3, -0.25) is 4.79 Å². The van der Waals surface area contributed by atoms with E-state index in [9.17, 15) is 4.79 Å². The summed E-state index contributed by atoms with van der Waals surface area (Å²) in [5, 5.41) is 26.7. The third kappa shape index (κ3) is 1.78. The van der Waals surface area contributed by atoms with E-state index in [0.717, 1.165) is 6.07 Å². The van der Waals surface area contributed by atoms with Gasteiger partial charge in [0.25, 0.3) is 0 Å². The summed E-state index contributed by atoms with van der Waals surface area (Å²) in [6.07, 6.45) is 0. The molecular weight excluding hydrogens is 172 g/mol. The number of ketones is 1. The van der Waals surface area contributed by atoms with Gasteiger partial charge in [-0.25, -0.2) is 0 Å². The quantitative estimate of drug-likeness (QED) is 0.462. The minimum atomic E-state index is -0.606. The molecule has 0 aliphatic heterocycles. The Morgan fingerprint density at radius 1 is 1.31 bits per heavy atom. The van der Waals surface area contributed by atoms with Crippen molar-refractivity contribution in [3.05, 3.63) is 23.3 Å². The van der Waals surface area contributed by atoms with Crippen LogP contribution in [0.1, 0.15) is 15.9 Å². The van der Waals surface area contributed by atoms with Crippen LogP contribution in [0.3, 0.4) is 0 Å². The van der Waals surface area contributed by atoms with Gasteiger partial charge in [-0.15, -0.1) is 0 Å². The Balaban J connectivity index is 3.23. The third-order valence-electron chi connectivity index (χ3n) is 1.77. The van der Waals surface area contributed by atoms with E-state index in [2.05, 4.69) is 0 Å². The second-order valence-corrected chi connectivity index (χ2v) is 2.74. The Bertz CT molecular complexity index is 344. The van der Waals surface area contributed by atoms with Crippen LogP contribution in [0.25, 0.3) is 0 Å². The minimum Gasteiger partial charge on any atom is -0.504 e. The fraction of sp³-hybridized carbons (Fsp3) is 0.222. The number of Topliss-reactive ketones (excluding diaryl/α,β-unsaturated/α-hetero) is 1. The maximum atomic E-state index is 11.1. The molecule has 0 saturated carbocycles. The van der Waals surface area contributed by atoms with Crippen molar-refractivity contribution in [2.75, 3.05) is 6.61 Å². The van der Waals surface area contributed by atoms with Crippen molar-refractivity contribution < 1.29 is 20.1 Å². The Kier molecular flexibility index (Phi) is 2.53. The van der Waals surface area contributed by atoms with Gasteiger partial charge >= 0.3 is 0 Å². The maximum Gasteiger partial charge on any atom is 0.188 e. The molecule has 13 heavy (non-hydrogen) atoms. The number of rotatable bonds is 2. The average molecular weight is 182 g/mol. The molecule has 1 aromatic rings. The zero-order valence-corrected chi connectivity index (χ0v) is 7.11. The van der Waals surface area contributed by atoms with Crippen molar-refractivity contribution in [3.63, 3.8) is 0 Å². The summed E-state index contributed by atoms with van der Waals surface area (Å²) < 4.78 is 0. The zero-order valence-electron chi connectivity index (χ0n) is 7.11. The minimum absolute atomic E-state index is 0.220. The van der Waals surface area contributed by atoms with Gasteiger partial charge in [0.15, 0.2) is 17.3 Å². The lowest BCUT2D eigenvalue weighted by Gasteiger charge is -2.05. The summed E-state index contributed by atoms with van der Waals surface area (Å²) in [5.41, 5.74) is 0.743. The van der Waals surface area contributed by atoms with E-state index in [0.29, 0.717) is 5.56 Å². The van der Waals surface area contributed by atoms with Gasteiger partial charge in [0.1, 0.15) is 6.61 Å². The number of aliphatic hydroxyl groups is 1.